The number of H-pyrrole nitrogens is 1. The molecule has 296 valence electrons. The van der Waals surface area contributed by atoms with E-state index in [1.807, 2.05) is 60.7 Å². The molecule has 2 aromatic carbocycles. The van der Waals surface area contributed by atoms with E-state index in [0.717, 1.165) is 28.6 Å². The third-order valence-corrected chi connectivity index (χ3v) is 9.06. The number of methoxy groups -OCH3 is 2. The molecule has 0 aliphatic heterocycles. The molecule has 0 saturated heterocycles. The predicted molar refractivity (Wildman–Crippen MR) is 226 cm³/mol. The summed E-state index contributed by atoms with van der Waals surface area (Å²) in [5.41, 5.74) is 14.5. The molecular weight excluding hydrogens is 783 g/mol. The lowest BCUT2D eigenvalue weighted by molar-refractivity contribution is 0.146. The number of likely N-dealkylation sites (N-methyl/N-ethyl adjacent to an activating group) is 2. The van der Waals surface area contributed by atoms with E-state index < -0.39 is 0 Å². The van der Waals surface area contributed by atoms with Gasteiger partial charge in [0.05, 0.1) is 24.6 Å². The number of halogens is 1. The van der Waals surface area contributed by atoms with Crippen LogP contribution in [0.4, 0.5) is 11.6 Å². The molecule has 2 heterocycles. The van der Waals surface area contributed by atoms with Gasteiger partial charge in [0.25, 0.3) is 0 Å². The average molecular weight is 849 g/mol. The van der Waals surface area contributed by atoms with Gasteiger partial charge in [-0.2, -0.15) is 10.2 Å². The van der Waals surface area contributed by atoms with Crippen LogP contribution in [0.5, 0.6) is 11.5 Å². The first-order valence-electron chi connectivity index (χ1n) is 18.2. The summed E-state index contributed by atoms with van der Waals surface area (Å²) in [6, 6.07) is 20.8. The molecule has 1 aliphatic rings. The topological polar surface area (TPSA) is 160 Å². The van der Waals surface area contributed by atoms with E-state index in [4.69, 9.17) is 30.4 Å². The van der Waals surface area contributed by atoms with Crippen molar-refractivity contribution < 1.29 is 18.9 Å². The van der Waals surface area contributed by atoms with Crippen molar-refractivity contribution in [1.82, 2.24) is 30.6 Å². The average Bonchev–Trinajstić information content (AvgIpc) is 3.75. The molecule has 2 aromatic heterocycles. The molecule has 1 saturated carbocycles. The Bertz CT molecular complexity index is 1570. The summed E-state index contributed by atoms with van der Waals surface area (Å²) in [4.78, 5) is 0. The first-order chi connectivity index (χ1) is 25.1. The molecule has 5 rings (SSSR count). The minimum absolute atomic E-state index is 0.0358. The summed E-state index contributed by atoms with van der Waals surface area (Å²) in [5.74, 6) is 2.86. The SMILES string of the molecule is CC(C)(C)c1cc(N)n[nH]1.CN[C@@H]1CCCC[C@H]1NC.COCCOc1cccc(-n2nc(C(C)(C)C)cc2N)c1.COCCOc1cccc(I)c1. The van der Waals surface area contributed by atoms with Gasteiger partial charge in [-0.15, -0.1) is 0 Å². The first kappa shape index (κ1) is 45.8. The second-order valence-corrected chi connectivity index (χ2v) is 16.0. The molecule has 0 radical (unpaired) electrons. The van der Waals surface area contributed by atoms with Crippen molar-refractivity contribution in [2.45, 2.75) is 90.1 Å². The zero-order valence-electron chi connectivity index (χ0n) is 33.6. The fourth-order valence-electron chi connectivity index (χ4n) is 5.26. The van der Waals surface area contributed by atoms with Crippen LogP contribution in [0.15, 0.2) is 60.7 Å². The van der Waals surface area contributed by atoms with Crippen molar-refractivity contribution in [2.75, 3.05) is 66.2 Å². The standard InChI is InChI=1S/C16H23N3O2.C9H11IO2.C8H18N2.C7H13N3/c1-16(2,3)14-11-15(17)19(18-14)12-6-5-7-13(10-12)21-9-8-20-4;1-11-5-6-12-9-4-2-3-8(10)7-9;1-9-7-5-3-4-6-8(7)10-2;1-7(2,3)5-4-6(8)10-9-5/h5-7,10-11H,8-9,17H2,1-4H3;2-4,7H,5-6H2,1H3;7-10H,3-6H2,1-2H3;4H,1-3H3,(H3,8,9,10)/t;;7-,8-;/m..1./s1. The minimum atomic E-state index is -0.0358. The highest BCUT2D eigenvalue weighted by molar-refractivity contribution is 14.1. The molecule has 1 aliphatic carbocycles. The molecule has 1 fully saturated rings. The van der Waals surface area contributed by atoms with Crippen molar-refractivity contribution >= 4 is 34.2 Å². The zero-order chi connectivity index (χ0) is 39.4. The van der Waals surface area contributed by atoms with Gasteiger partial charge >= 0.3 is 0 Å². The predicted octanol–water partition coefficient (Wildman–Crippen LogP) is 7.12. The highest BCUT2D eigenvalue weighted by atomic mass is 127. The molecular formula is C40H65IN8O4. The third-order valence-electron chi connectivity index (χ3n) is 8.39. The van der Waals surface area contributed by atoms with E-state index >= 15 is 0 Å². The van der Waals surface area contributed by atoms with E-state index in [1.54, 1.807) is 18.9 Å². The Hall–Kier alpha value is -3.37. The van der Waals surface area contributed by atoms with Crippen LogP contribution in [-0.4, -0.2) is 86.8 Å². The molecule has 53 heavy (non-hydrogen) atoms. The molecule has 0 amide bonds. The lowest BCUT2D eigenvalue weighted by atomic mass is 9.91. The number of nitrogens with one attached hydrogen (secondary N) is 3. The monoisotopic (exact) mass is 848 g/mol. The molecule has 4 aromatic rings. The van der Waals surface area contributed by atoms with Gasteiger partial charge in [-0.25, -0.2) is 4.68 Å². The van der Waals surface area contributed by atoms with Gasteiger partial charge in [-0.05, 0) is 79.9 Å². The number of aromatic nitrogens is 4. The summed E-state index contributed by atoms with van der Waals surface area (Å²) < 4.78 is 23.8. The Morgan fingerprint density at radius 2 is 1.32 bits per heavy atom. The smallest absolute Gasteiger partial charge is 0.145 e. The van der Waals surface area contributed by atoms with E-state index in [0.29, 0.717) is 50.1 Å². The number of hydrogen-bond acceptors (Lipinski definition) is 10. The van der Waals surface area contributed by atoms with Crippen LogP contribution in [0, 0.1) is 3.57 Å². The molecule has 0 spiro atoms. The zero-order valence-corrected chi connectivity index (χ0v) is 35.7. The maximum absolute atomic E-state index is 6.08. The van der Waals surface area contributed by atoms with Gasteiger partial charge in [-0.1, -0.05) is 66.5 Å². The highest BCUT2D eigenvalue weighted by Crippen LogP contribution is 2.26. The quantitative estimate of drug-likeness (QED) is 0.0778. The van der Waals surface area contributed by atoms with Crippen molar-refractivity contribution in [3.8, 4) is 17.2 Å². The van der Waals surface area contributed by atoms with E-state index in [1.165, 1.54) is 29.3 Å². The number of nitrogen functional groups attached to an aromatic ring is 2. The van der Waals surface area contributed by atoms with Gasteiger partial charge in [0.2, 0.25) is 0 Å². The molecule has 0 bridgehead atoms. The van der Waals surface area contributed by atoms with Crippen LogP contribution in [0.1, 0.15) is 78.6 Å². The number of hydrogen-bond donors (Lipinski definition) is 5. The Balaban J connectivity index is 0.000000260. The normalized spacial score (nSPS) is 15.5. The number of rotatable bonds is 11. The van der Waals surface area contributed by atoms with Gasteiger partial charge in [0, 0.05) is 64.6 Å². The summed E-state index contributed by atoms with van der Waals surface area (Å²) in [6.45, 7) is 15.0. The van der Waals surface area contributed by atoms with Crippen LogP contribution in [0.2, 0.25) is 0 Å². The van der Waals surface area contributed by atoms with Crippen LogP contribution in [0.25, 0.3) is 5.69 Å². The highest BCUT2D eigenvalue weighted by Gasteiger charge is 2.21. The largest absolute Gasteiger partial charge is 0.491 e. The summed E-state index contributed by atoms with van der Waals surface area (Å²) in [5, 5.41) is 18.0. The first-order valence-corrected chi connectivity index (χ1v) is 19.3. The molecule has 0 unspecified atom stereocenters. The summed E-state index contributed by atoms with van der Waals surface area (Å²) >= 11 is 2.26. The lowest BCUT2D eigenvalue weighted by Gasteiger charge is -2.30. The Labute approximate surface area is 331 Å². The number of nitrogens with two attached hydrogens (primary N) is 2. The lowest BCUT2D eigenvalue weighted by Crippen LogP contribution is -2.47. The Morgan fingerprint density at radius 3 is 1.74 bits per heavy atom. The maximum atomic E-state index is 6.08. The molecule has 2 atom stereocenters. The molecule has 7 N–H and O–H groups in total. The van der Waals surface area contributed by atoms with Gasteiger partial charge < -0.3 is 41.0 Å². The Kier molecular flexibility index (Phi) is 20.2. The second kappa shape index (κ2) is 23.4. The summed E-state index contributed by atoms with van der Waals surface area (Å²) in [7, 11) is 7.43. The molecule has 13 heteroatoms. The van der Waals surface area contributed by atoms with E-state index in [9.17, 15) is 0 Å². The molecule has 12 nitrogen and oxygen atoms in total. The summed E-state index contributed by atoms with van der Waals surface area (Å²) in [6.07, 6.45) is 5.46. The van der Waals surface area contributed by atoms with E-state index in [-0.39, 0.29) is 10.8 Å². The number of anilines is 2. The van der Waals surface area contributed by atoms with Crippen LogP contribution >= 0.6 is 22.6 Å². The number of benzene rings is 2. The van der Waals surface area contributed by atoms with Crippen molar-refractivity contribution in [1.29, 1.82) is 0 Å². The van der Waals surface area contributed by atoms with Crippen LogP contribution < -0.4 is 31.6 Å². The maximum Gasteiger partial charge on any atom is 0.145 e. The number of aromatic amines is 1. The van der Waals surface area contributed by atoms with Crippen LogP contribution in [0.3, 0.4) is 0 Å². The van der Waals surface area contributed by atoms with E-state index in [2.05, 4.69) is 104 Å². The second-order valence-electron chi connectivity index (χ2n) is 14.8. The number of ether oxygens (including phenoxy) is 4. The van der Waals surface area contributed by atoms with Crippen LogP contribution in [-0.2, 0) is 20.3 Å². The van der Waals surface area contributed by atoms with Crippen molar-refractivity contribution in [2.24, 2.45) is 0 Å². The van der Waals surface area contributed by atoms with Gasteiger partial charge in [0.15, 0.2) is 0 Å². The Morgan fingerprint density at radius 1 is 0.774 bits per heavy atom. The fraction of sp³-hybridized carbons (Fsp3) is 0.550. The van der Waals surface area contributed by atoms with Crippen molar-refractivity contribution in [3.05, 3.63) is 75.6 Å². The van der Waals surface area contributed by atoms with Crippen molar-refractivity contribution in [3.63, 3.8) is 0 Å². The minimum Gasteiger partial charge on any atom is -0.491 e. The fourth-order valence-corrected chi connectivity index (χ4v) is 5.77. The number of nitrogens with zero attached hydrogens (tertiary/aromatic N) is 3. The van der Waals surface area contributed by atoms with Gasteiger partial charge in [0.1, 0.15) is 36.3 Å². The van der Waals surface area contributed by atoms with Gasteiger partial charge in [-0.3, -0.25) is 5.10 Å². The third kappa shape index (κ3) is 17.1.